The van der Waals surface area contributed by atoms with Gasteiger partial charge in [-0.05, 0) is 32.1 Å². The third-order valence-electron chi connectivity index (χ3n) is 7.10. The van der Waals surface area contributed by atoms with Crippen molar-refractivity contribution in [2.45, 2.75) is 143 Å². The molecule has 3 atom stereocenters. The van der Waals surface area contributed by atoms with Crippen LogP contribution in [0, 0.1) is 17.8 Å². The standard InChI is InChI=1S/C28H52O4/c1-5-6-7-8-9-10-11-12-13-14-15-16-19-22-31-27(29)25-20-17-18-21-26(25)28(30)32-24(4)23(2)3/h23-26H,5-22H2,1-4H3. The van der Waals surface area contributed by atoms with E-state index < -0.39 is 0 Å². The molecule has 0 aromatic heterocycles. The van der Waals surface area contributed by atoms with Crippen LogP contribution < -0.4 is 0 Å². The normalized spacial score (nSPS) is 19.7. The van der Waals surface area contributed by atoms with Crippen LogP contribution in [0.2, 0.25) is 0 Å². The minimum Gasteiger partial charge on any atom is -0.465 e. The maximum absolute atomic E-state index is 12.6. The summed E-state index contributed by atoms with van der Waals surface area (Å²) in [6.07, 6.45) is 20.3. The lowest BCUT2D eigenvalue weighted by molar-refractivity contribution is -0.167. The molecule has 188 valence electrons. The highest BCUT2D eigenvalue weighted by atomic mass is 16.5. The first-order valence-electron chi connectivity index (χ1n) is 13.8. The molecule has 32 heavy (non-hydrogen) atoms. The Morgan fingerprint density at radius 1 is 0.688 bits per heavy atom. The molecule has 1 aliphatic rings. The van der Waals surface area contributed by atoms with Crippen molar-refractivity contribution in [3.8, 4) is 0 Å². The number of unbranched alkanes of at least 4 members (excludes halogenated alkanes) is 12. The van der Waals surface area contributed by atoms with Crippen molar-refractivity contribution in [2.75, 3.05) is 6.61 Å². The first-order chi connectivity index (χ1) is 15.5. The average molecular weight is 453 g/mol. The van der Waals surface area contributed by atoms with Gasteiger partial charge in [0.15, 0.2) is 0 Å². The fraction of sp³-hybridized carbons (Fsp3) is 0.929. The summed E-state index contributed by atoms with van der Waals surface area (Å²) in [6.45, 7) is 8.76. The van der Waals surface area contributed by atoms with Crippen molar-refractivity contribution >= 4 is 11.9 Å². The van der Waals surface area contributed by atoms with Crippen LogP contribution in [0.4, 0.5) is 0 Å². The van der Waals surface area contributed by atoms with Crippen LogP contribution in [0.3, 0.4) is 0 Å². The summed E-state index contributed by atoms with van der Waals surface area (Å²) >= 11 is 0. The molecule has 1 saturated carbocycles. The number of esters is 2. The highest BCUT2D eigenvalue weighted by Gasteiger charge is 2.38. The zero-order valence-electron chi connectivity index (χ0n) is 21.7. The van der Waals surface area contributed by atoms with E-state index in [9.17, 15) is 9.59 Å². The lowest BCUT2D eigenvalue weighted by Gasteiger charge is -2.30. The molecule has 0 heterocycles. The van der Waals surface area contributed by atoms with Gasteiger partial charge in [0.2, 0.25) is 0 Å². The van der Waals surface area contributed by atoms with Gasteiger partial charge in [-0.2, -0.15) is 0 Å². The van der Waals surface area contributed by atoms with Crippen LogP contribution in [-0.2, 0) is 19.1 Å². The van der Waals surface area contributed by atoms with Gasteiger partial charge >= 0.3 is 11.9 Å². The molecular formula is C28H52O4. The molecule has 1 aliphatic carbocycles. The topological polar surface area (TPSA) is 52.6 Å². The van der Waals surface area contributed by atoms with Crippen molar-refractivity contribution in [1.29, 1.82) is 0 Å². The Bertz CT molecular complexity index is 488. The van der Waals surface area contributed by atoms with Crippen molar-refractivity contribution in [1.82, 2.24) is 0 Å². The van der Waals surface area contributed by atoms with Gasteiger partial charge in [-0.3, -0.25) is 9.59 Å². The molecule has 0 aromatic carbocycles. The summed E-state index contributed by atoms with van der Waals surface area (Å²) in [6, 6.07) is 0. The van der Waals surface area contributed by atoms with E-state index >= 15 is 0 Å². The molecule has 0 bridgehead atoms. The highest BCUT2D eigenvalue weighted by molar-refractivity contribution is 5.82. The van der Waals surface area contributed by atoms with E-state index in [1.807, 2.05) is 20.8 Å². The second-order valence-corrected chi connectivity index (χ2v) is 10.3. The molecule has 1 fully saturated rings. The molecule has 0 aliphatic heterocycles. The third-order valence-corrected chi connectivity index (χ3v) is 7.10. The number of hydrogen-bond donors (Lipinski definition) is 0. The zero-order chi connectivity index (χ0) is 23.6. The Morgan fingerprint density at radius 2 is 1.12 bits per heavy atom. The molecule has 0 spiro atoms. The molecule has 4 heteroatoms. The smallest absolute Gasteiger partial charge is 0.310 e. The maximum atomic E-state index is 12.6. The van der Waals surface area contributed by atoms with Crippen molar-refractivity contribution in [2.24, 2.45) is 17.8 Å². The van der Waals surface area contributed by atoms with Gasteiger partial charge in [-0.15, -0.1) is 0 Å². The molecule has 4 nitrogen and oxygen atoms in total. The molecule has 0 N–H and O–H groups in total. The predicted molar refractivity (Wildman–Crippen MR) is 132 cm³/mol. The summed E-state index contributed by atoms with van der Waals surface area (Å²) in [5.74, 6) is -0.776. The second kappa shape index (κ2) is 18.4. The minimum atomic E-state index is -0.330. The Balaban J connectivity index is 2.09. The van der Waals surface area contributed by atoms with Crippen LogP contribution in [-0.4, -0.2) is 24.6 Å². The molecule has 3 unspecified atom stereocenters. The van der Waals surface area contributed by atoms with Gasteiger partial charge in [0, 0.05) is 0 Å². The summed E-state index contributed by atoms with van der Waals surface area (Å²) in [7, 11) is 0. The average Bonchev–Trinajstić information content (AvgIpc) is 2.79. The van der Waals surface area contributed by atoms with Crippen molar-refractivity contribution in [3.05, 3.63) is 0 Å². The van der Waals surface area contributed by atoms with E-state index in [0.29, 0.717) is 6.61 Å². The van der Waals surface area contributed by atoms with E-state index in [-0.39, 0.29) is 35.8 Å². The Morgan fingerprint density at radius 3 is 1.59 bits per heavy atom. The van der Waals surface area contributed by atoms with Gasteiger partial charge in [-0.25, -0.2) is 0 Å². The van der Waals surface area contributed by atoms with Crippen LogP contribution in [0.5, 0.6) is 0 Å². The van der Waals surface area contributed by atoms with Gasteiger partial charge < -0.3 is 9.47 Å². The fourth-order valence-corrected chi connectivity index (χ4v) is 4.50. The third kappa shape index (κ3) is 12.8. The number of rotatable bonds is 18. The second-order valence-electron chi connectivity index (χ2n) is 10.3. The molecule has 0 amide bonds. The van der Waals surface area contributed by atoms with E-state index in [1.165, 1.54) is 70.6 Å². The summed E-state index contributed by atoms with van der Waals surface area (Å²) in [5.41, 5.74) is 0. The van der Waals surface area contributed by atoms with E-state index in [0.717, 1.165) is 38.5 Å². The van der Waals surface area contributed by atoms with Crippen LogP contribution in [0.25, 0.3) is 0 Å². The molecule has 1 rings (SSSR count). The monoisotopic (exact) mass is 452 g/mol. The Kier molecular flexibility index (Phi) is 16.6. The number of hydrogen-bond acceptors (Lipinski definition) is 4. The minimum absolute atomic E-state index is 0.119. The maximum Gasteiger partial charge on any atom is 0.310 e. The van der Waals surface area contributed by atoms with Crippen LogP contribution in [0.15, 0.2) is 0 Å². The van der Waals surface area contributed by atoms with Gasteiger partial charge in [0.25, 0.3) is 0 Å². The van der Waals surface area contributed by atoms with Crippen molar-refractivity contribution < 1.29 is 19.1 Å². The van der Waals surface area contributed by atoms with E-state index in [2.05, 4.69) is 6.92 Å². The molecular weight excluding hydrogens is 400 g/mol. The van der Waals surface area contributed by atoms with Crippen molar-refractivity contribution in [3.63, 3.8) is 0 Å². The molecule has 0 aromatic rings. The predicted octanol–water partition coefficient (Wildman–Crippen LogP) is 8.01. The largest absolute Gasteiger partial charge is 0.465 e. The van der Waals surface area contributed by atoms with Gasteiger partial charge in [0.05, 0.1) is 18.4 Å². The lowest BCUT2D eigenvalue weighted by atomic mass is 9.79. The summed E-state index contributed by atoms with van der Waals surface area (Å²) < 4.78 is 11.2. The summed E-state index contributed by atoms with van der Waals surface area (Å²) in [4.78, 5) is 25.2. The lowest BCUT2D eigenvalue weighted by Crippen LogP contribution is -2.37. The SMILES string of the molecule is CCCCCCCCCCCCCCCOC(=O)C1CCCCC1C(=O)OC(C)C(C)C. The Hall–Kier alpha value is -1.06. The number of ether oxygens (including phenoxy) is 2. The fourth-order valence-electron chi connectivity index (χ4n) is 4.50. The van der Waals surface area contributed by atoms with Gasteiger partial charge in [0.1, 0.15) is 6.10 Å². The highest BCUT2D eigenvalue weighted by Crippen LogP contribution is 2.32. The number of carbonyl (C=O) groups is 2. The summed E-state index contributed by atoms with van der Waals surface area (Å²) in [5, 5.41) is 0. The zero-order valence-corrected chi connectivity index (χ0v) is 21.7. The Labute approximate surface area is 198 Å². The first kappa shape index (κ1) is 29.0. The molecule has 0 radical (unpaired) electrons. The quantitative estimate of drug-likeness (QED) is 0.156. The molecule has 0 saturated heterocycles. The van der Waals surface area contributed by atoms with Crippen LogP contribution in [0.1, 0.15) is 137 Å². The van der Waals surface area contributed by atoms with Gasteiger partial charge in [-0.1, -0.05) is 111 Å². The van der Waals surface area contributed by atoms with Crippen LogP contribution >= 0.6 is 0 Å². The van der Waals surface area contributed by atoms with E-state index in [1.54, 1.807) is 0 Å². The first-order valence-corrected chi connectivity index (χ1v) is 13.8. The number of carbonyl (C=O) groups excluding carboxylic acids is 2. The van der Waals surface area contributed by atoms with E-state index in [4.69, 9.17) is 9.47 Å².